The largest absolute Gasteiger partial charge is 0.390 e. The van der Waals surface area contributed by atoms with E-state index in [0.29, 0.717) is 13.2 Å². The number of hydrogen-bond donors (Lipinski definition) is 1. The molecular weight excluding hydrogens is 424 g/mol. The molecule has 0 aliphatic carbocycles. The molecule has 0 saturated carbocycles. The van der Waals surface area contributed by atoms with Crippen LogP contribution in [0, 0.1) is 0 Å². The molecule has 1 N–H and O–H groups in total. The van der Waals surface area contributed by atoms with Gasteiger partial charge in [-0.3, -0.25) is 0 Å². The molecule has 4 heteroatoms. The summed E-state index contributed by atoms with van der Waals surface area (Å²) < 4.78 is 18.6. The van der Waals surface area contributed by atoms with Gasteiger partial charge in [-0.05, 0) is 24.8 Å². The highest BCUT2D eigenvalue weighted by Crippen LogP contribution is 2.33. The summed E-state index contributed by atoms with van der Waals surface area (Å²) in [5.41, 5.74) is 1.11. The minimum absolute atomic E-state index is 0.226. The SMILES string of the molecule is CCCCCCCCCCCCCC[C@H](O)[C@@H](OCc1ccccc1)[C@H]1COC(CC)(CC)O1. The summed E-state index contributed by atoms with van der Waals surface area (Å²) in [4.78, 5) is 0. The third-order valence-corrected chi connectivity index (χ3v) is 7.34. The van der Waals surface area contributed by atoms with Crippen LogP contribution in [0.4, 0.5) is 0 Å². The van der Waals surface area contributed by atoms with E-state index < -0.39 is 11.9 Å². The molecule has 4 nitrogen and oxygen atoms in total. The van der Waals surface area contributed by atoms with Crippen molar-refractivity contribution in [2.75, 3.05) is 6.61 Å². The second-order valence-electron chi connectivity index (χ2n) is 10.1. The highest BCUT2D eigenvalue weighted by molar-refractivity contribution is 5.13. The molecule has 0 amide bonds. The van der Waals surface area contributed by atoms with Crippen LogP contribution in [0.3, 0.4) is 0 Å². The minimum atomic E-state index is -0.537. The van der Waals surface area contributed by atoms with Crippen molar-refractivity contribution in [1.29, 1.82) is 0 Å². The maximum atomic E-state index is 11.1. The van der Waals surface area contributed by atoms with Crippen molar-refractivity contribution in [3.63, 3.8) is 0 Å². The summed E-state index contributed by atoms with van der Waals surface area (Å²) in [6, 6.07) is 10.2. The van der Waals surface area contributed by atoms with Gasteiger partial charge in [-0.25, -0.2) is 0 Å². The lowest BCUT2D eigenvalue weighted by Crippen LogP contribution is -2.42. The van der Waals surface area contributed by atoms with Crippen molar-refractivity contribution >= 4 is 0 Å². The Hall–Kier alpha value is -0.940. The van der Waals surface area contributed by atoms with Gasteiger partial charge in [0.15, 0.2) is 5.79 Å². The number of ether oxygens (including phenoxy) is 3. The molecule has 34 heavy (non-hydrogen) atoms. The van der Waals surface area contributed by atoms with Crippen molar-refractivity contribution in [3.8, 4) is 0 Å². The van der Waals surface area contributed by atoms with Gasteiger partial charge in [0, 0.05) is 0 Å². The van der Waals surface area contributed by atoms with Crippen LogP contribution in [-0.4, -0.2) is 35.8 Å². The van der Waals surface area contributed by atoms with Crippen molar-refractivity contribution in [3.05, 3.63) is 35.9 Å². The van der Waals surface area contributed by atoms with E-state index in [-0.39, 0.29) is 12.2 Å². The van der Waals surface area contributed by atoms with Crippen molar-refractivity contribution in [1.82, 2.24) is 0 Å². The van der Waals surface area contributed by atoms with Crippen LogP contribution in [0.25, 0.3) is 0 Å². The van der Waals surface area contributed by atoms with Crippen molar-refractivity contribution < 1.29 is 19.3 Å². The van der Waals surface area contributed by atoms with Crippen LogP contribution in [-0.2, 0) is 20.8 Å². The molecule has 1 heterocycles. The van der Waals surface area contributed by atoms with Crippen LogP contribution >= 0.6 is 0 Å². The van der Waals surface area contributed by atoms with Crippen LogP contribution in [0.2, 0.25) is 0 Å². The lowest BCUT2D eigenvalue weighted by atomic mass is 10.00. The van der Waals surface area contributed by atoms with E-state index in [9.17, 15) is 5.11 Å². The van der Waals surface area contributed by atoms with Crippen LogP contribution < -0.4 is 0 Å². The second kappa shape index (κ2) is 17.5. The quantitative estimate of drug-likeness (QED) is 0.194. The topological polar surface area (TPSA) is 47.9 Å². The van der Waals surface area contributed by atoms with E-state index in [1.165, 1.54) is 70.6 Å². The summed E-state index contributed by atoms with van der Waals surface area (Å²) in [6.45, 7) is 7.42. The Kier molecular flexibility index (Phi) is 15.1. The fraction of sp³-hybridized carbons (Fsp3) is 0.800. The molecule has 1 fully saturated rings. The molecule has 1 aromatic carbocycles. The zero-order valence-electron chi connectivity index (χ0n) is 22.3. The van der Waals surface area contributed by atoms with E-state index in [1.807, 2.05) is 18.2 Å². The van der Waals surface area contributed by atoms with Gasteiger partial charge in [0.2, 0.25) is 0 Å². The molecule has 1 aliphatic heterocycles. The molecule has 0 spiro atoms. The van der Waals surface area contributed by atoms with Gasteiger partial charge < -0.3 is 19.3 Å². The molecule has 0 unspecified atom stereocenters. The maximum absolute atomic E-state index is 11.1. The molecule has 1 aromatic rings. The minimum Gasteiger partial charge on any atom is -0.390 e. The molecule has 0 aromatic heterocycles. The number of rotatable bonds is 20. The van der Waals surface area contributed by atoms with E-state index >= 15 is 0 Å². The molecule has 1 aliphatic rings. The highest BCUT2D eigenvalue weighted by atomic mass is 16.8. The first-order chi connectivity index (χ1) is 16.6. The smallest absolute Gasteiger partial charge is 0.168 e. The van der Waals surface area contributed by atoms with Crippen LogP contribution in [0.15, 0.2) is 30.3 Å². The van der Waals surface area contributed by atoms with Gasteiger partial charge in [-0.1, -0.05) is 128 Å². The Bertz CT molecular complexity index is 601. The summed E-state index contributed by atoms with van der Waals surface area (Å²) in [5, 5.41) is 11.1. The molecule has 196 valence electrons. The normalized spacial score (nSPS) is 19.4. The third kappa shape index (κ3) is 10.8. The van der Waals surface area contributed by atoms with Crippen molar-refractivity contribution in [2.45, 2.75) is 148 Å². The lowest BCUT2D eigenvalue weighted by Gasteiger charge is -2.30. The average Bonchev–Trinajstić information content (AvgIpc) is 3.30. The standard InChI is InChI=1S/C30H52O4/c1-4-7-8-9-10-11-12-13-14-15-16-20-23-27(31)29(32-24-26-21-18-17-19-22-26)28-25-33-30(5-2,6-3)34-28/h17-19,21-22,27-29,31H,4-16,20,23-25H2,1-3H3/t27-,28+,29+/m0/s1. The van der Waals surface area contributed by atoms with Gasteiger partial charge in [-0.2, -0.15) is 0 Å². The fourth-order valence-corrected chi connectivity index (χ4v) is 4.95. The summed E-state index contributed by atoms with van der Waals surface area (Å²) in [5.74, 6) is -0.533. The second-order valence-corrected chi connectivity index (χ2v) is 10.1. The van der Waals surface area contributed by atoms with Gasteiger partial charge in [0.05, 0.1) is 19.3 Å². The first-order valence-electron chi connectivity index (χ1n) is 14.3. The Labute approximate surface area is 209 Å². The van der Waals surface area contributed by atoms with Gasteiger partial charge >= 0.3 is 0 Å². The summed E-state index contributed by atoms with van der Waals surface area (Å²) in [6.07, 6.45) is 17.1. The third-order valence-electron chi connectivity index (χ3n) is 7.34. The van der Waals surface area contributed by atoms with Gasteiger partial charge in [0.1, 0.15) is 12.2 Å². The number of unbranched alkanes of at least 4 members (excludes halogenated alkanes) is 11. The van der Waals surface area contributed by atoms with E-state index in [0.717, 1.165) is 31.2 Å². The predicted octanol–water partition coefficient (Wildman–Crippen LogP) is 7.96. The Morgan fingerprint density at radius 2 is 1.41 bits per heavy atom. The van der Waals surface area contributed by atoms with Crippen molar-refractivity contribution in [2.24, 2.45) is 0 Å². The average molecular weight is 477 g/mol. The number of hydrogen-bond acceptors (Lipinski definition) is 4. The molecule has 3 atom stereocenters. The Morgan fingerprint density at radius 3 is 1.94 bits per heavy atom. The first kappa shape index (κ1) is 29.3. The fourth-order valence-electron chi connectivity index (χ4n) is 4.95. The summed E-state index contributed by atoms with van der Waals surface area (Å²) >= 11 is 0. The Morgan fingerprint density at radius 1 is 0.853 bits per heavy atom. The zero-order valence-corrected chi connectivity index (χ0v) is 22.3. The number of aliphatic hydroxyl groups excluding tert-OH is 1. The first-order valence-corrected chi connectivity index (χ1v) is 14.3. The van der Waals surface area contributed by atoms with E-state index in [1.54, 1.807) is 0 Å². The highest BCUT2D eigenvalue weighted by Gasteiger charge is 2.44. The predicted molar refractivity (Wildman–Crippen MR) is 141 cm³/mol. The molecule has 0 bridgehead atoms. The zero-order chi connectivity index (χ0) is 24.5. The van der Waals surface area contributed by atoms with Gasteiger partial charge in [0.25, 0.3) is 0 Å². The molecule has 0 radical (unpaired) electrons. The van der Waals surface area contributed by atoms with E-state index in [4.69, 9.17) is 14.2 Å². The Balaban J connectivity index is 1.69. The lowest BCUT2D eigenvalue weighted by molar-refractivity contribution is -0.195. The van der Waals surface area contributed by atoms with Crippen LogP contribution in [0.5, 0.6) is 0 Å². The number of aliphatic hydroxyl groups is 1. The molecular formula is C30H52O4. The monoisotopic (exact) mass is 476 g/mol. The van der Waals surface area contributed by atoms with E-state index in [2.05, 4.69) is 32.9 Å². The summed E-state index contributed by atoms with van der Waals surface area (Å²) in [7, 11) is 0. The van der Waals surface area contributed by atoms with Gasteiger partial charge in [-0.15, -0.1) is 0 Å². The van der Waals surface area contributed by atoms with Crippen LogP contribution in [0.1, 0.15) is 123 Å². The maximum Gasteiger partial charge on any atom is 0.168 e. The molecule has 2 rings (SSSR count). The molecule has 1 saturated heterocycles. The number of benzene rings is 1.